The number of nitriles is 1. The van der Waals surface area contributed by atoms with Crippen LogP contribution in [-0.4, -0.2) is 17.5 Å². The second-order valence-corrected chi connectivity index (χ2v) is 8.27. The van der Waals surface area contributed by atoms with E-state index in [-0.39, 0.29) is 5.57 Å². The Morgan fingerprint density at radius 2 is 2.00 bits per heavy atom. The lowest BCUT2D eigenvalue weighted by Gasteiger charge is -2.09. The zero-order chi connectivity index (χ0) is 22.1. The summed E-state index contributed by atoms with van der Waals surface area (Å²) < 4.78 is 5.79. The molecule has 1 N–H and O–H groups in total. The molecular weight excluding hydrogens is 406 g/mol. The Labute approximate surface area is 187 Å². The van der Waals surface area contributed by atoms with Crippen LogP contribution in [0.2, 0.25) is 0 Å². The van der Waals surface area contributed by atoms with E-state index in [2.05, 4.69) is 48.4 Å². The van der Waals surface area contributed by atoms with Crippen LogP contribution in [0.5, 0.6) is 5.75 Å². The average Bonchev–Trinajstić information content (AvgIpc) is 3.21. The maximum absolute atomic E-state index is 12.6. The Kier molecular flexibility index (Phi) is 7.97. The number of nitrogens with one attached hydrogen (secondary N) is 1. The maximum Gasteiger partial charge on any atom is 0.268 e. The van der Waals surface area contributed by atoms with Gasteiger partial charge in [-0.3, -0.25) is 10.1 Å². The topological polar surface area (TPSA) is 75.0 Å². The molecule has 0 saturated carbocycles. The maximum atomic E-state index is 12.6. The van der Waals surface area contributed by atoms with Crippen molar-refractivity contribution in [1.29, 1.82) is 5.26 Å². The minimum Gasteiger partial charge on any atom is -0.493 e. The largest absolute Gasteiger partial charge is 0.493 e. The number of carbonyl (C=O) groups excluding carboxylic acids is 1. The quantitative estimate of drug-likeness (QED) is 0.265. The first-order chi connectivity index (χ1) is 15.1. The summed E-state index contributed by atoms with van der Waals surface area (Å²) in [5, 5.41) is 12.7. The third-order valence-corrected chi connectivity index (χ3v) is 5.53. The number of aromatic nitrogens is 1. The van der Waals surface area contributed by atoms with Gasteiger partial charge < -0.3 is 4.74 Å². The number of carbonyl (C=O) groups is 1. The zero-order valence-electron chi connectivity index (χ0n) is 17.7. The molecule has 1 aromatic heterocycles. The van der Waals surface area contributed by atoms with E-state index >= 15 is 0 Å². The molecule has 0 aliphatic heterocycles. The standard InChI is InChI=1S/C25H25N3O2S/c1-3-4-13-30-23-8-6-5-7-20(23)15-21(16-26)24(29)28-25-27-17-22(31-25)14-19-11-9-18(2)10-12-19/h5-12,15,17H,3-4,13-14H2,1-2H3,(H,27,28,29)/b21-15+. The van der Waals surface area contributed by atoms with Crippen LogP contribution in [0.1, 0.15) is 41.3 Å². The summed E-state index contributed by atoms with van der Waals surface area (Å²) in [6.45, 7) is 4.75. The van der Waals surface area contributed by atoms with Crippen LogP contribution in [0.4, 0.5) is 5.13 Å². The Hall–Kier alpha value is -3.43. The van der Waals surface area contributed by atoms with Crippen molar-refractivity contribution in [2.24, 2.45) is 0 Å². The predicted octanol–water partition coefficient (Wildman–Crippen LogP) is 5.77. The summed E-state index contributed by atoms with van der Waals surface area (Å²) in [6.07, 6.45) is 6.03. The Balaban J connectivity index is 1.69. The smallest absolute Gasteiger partial charge is 0.268 e. The van der Waals surface area contributed by atoms with Gasteiger partial charge in [-0.05, 0) is 31.1 Å². The third-order valence-electron chi connectivity index (χ3n) is 4.61. The van der Waals surface area contributed by atoms with Crippen molar-refractivity contribution in [3.63, 3.8) is 0 Å². The van der Waals surface area contributed by atoms with Gasteiger partial charge in [0, 0.05) is 23.1 Å². The summed E-state index contributed by atoms with van der Waals surface area (Å²) in [4.78, 5) is 18.0. The van der Waals surface area contributed by atoms with Gasteiger partial charge in [0.25, 0.3) is 5.91 Å². The van der Waals surface area contributed by atoms with Crippen molar-refractivity contribution in [3.8, 4) is 11.8 Å². The van der Waals surface area contributed by atoms with Crippen LogP contribution in [0.3, 0.4) is 0 Å². The number of benzene rings is 2. The predicted molar refractivity (Wildman–Crippen MR) is 125 cm³/mol. The number of ether oxygens (including phenoxy) is 1. The molecule has 0 radical (unpaired) electrons. The van der Waals surface area contributed by atoms with Crippen molar-refractivity contribution in [3.05, 3.63) is 81.9 Å². The molecule has 0 fully saturated rings. The Morgan fingerprint density at radius 3 is 2.74 bits per heavy atom. The second kappa shape index (κ2) is 11.1. The number of nitrogens with zero attached hydrogens (tertiary/aromatic N) is 2. The van der Waals surface area contributed by atoms with Crippen molar-refractivity contribution < 1.29 is 9.53 Å². The fourth-order valence-corrected chi connectivity index (χ4v) is 3.72. The lowest BCUT2D eigenvalue weighted by Crippen LogP contribution is -2.13. The Bertz CT molecular complexity index is 1090. The van der Waals surface area contributed by atoms with Gasteiger partial charge in [0.05, 0.1) is 6.61 Å². The van der Waals surface area contributed by atoms with Crippen molar-refractivity contribution in [2.45, 2.75) is 33.1 Å². The van der Waals surface area contributed by atoms with Gasteiger partial charge in [-0.1, -0.05) is 61.4 Å². The van der Waals surface area contributed by atoms with Crippen LogP contribution in [0.15, 0.2) is 60.3 Å². The summed E-state index contributed by atoms with van der Waals surface area (Å²) in [6, 6.07) is 17.7. The molecule has 0 bridgehead atoms. The van der Waals surface area contributed by atoms with E-state index in [1.54, 1.807) is 12.3 Å². The highest BCUT2D eigenvalue weighted by atomic mass is 32.1. The minimum atomic E-state index is -0.484. The molecule has 0 saturated heterocycles. The molecule has 158 valence electrons. The van der Waals surface area contributed by atoms with E-state index in [0.717, 1.165) is 24.1 Å². The lowest BCUT2D eigenvalue weighted by molar-refractivity contribution is -0.112. The average molecular weight is 432 g/mol. The van der Waals surface area contributed by atoms with Crippen LogP contribution in [-0.2, 0) is 11.2 Å². The number of rotatable bonds is 9. The minimum absolute atomic E-state index is 0.00169. The summed E-state index contributed by atoms with van der Waals surface area (Å²) in [5.41, 5.74) is 3.10. The fourth-order valence-electron chi connectivity index (χ4n) is 2.88. The van der Waals surface area contributed by atoms with E-state index in [4.69, 9.17) is 4.74 Å². The summed E-state index contributed by atoms with van der Waals surface area (Å²) in [5.74, 6) is 0.174. The molecule has 5 nitrogen and oxygen atoms in total. The van der Waals surface area contributed by atoms with E-state index in [9.17, 15) is 10.1 Å². The van der Waals surface area contributed by atoms with Gasteiger partial charge in [-0.2, -0.15) is 5.26 Å². The number of hydrogen-bond acceptors (Lipinski definition) is 5. The molecule has 3 rings (SSSR count). The molecule has 1 amide bonds. The van der Waals surface area contributed by atoms with Crippen LogP contribution >= 0.6 is 11.3 Å². The fraction of sp³-hybridized carbons (Fsp3) is 0.240. The number of unbranched alkanes of at least 4 members (excludes halogenated alkanes) is 1. The molecule has 0 aliphatic carbocycles. The SMILES string of the molecule is CCCCOc1ccccc1/C=C(\C#N)C(=O)Nc1ncc(Cc2ccc(C)cc2)s1. The second-order valence-electron chi connectivity index (χ2n) is 7.16. The van der Waals surface area contributed by atoms with Gasteiger partial charge >= 0.3 is 0 Å². The monoisotopic (exact) mass is 431 g/mol. The first-order valence-corrected chi connectivity index (χ1v) is 11.1. The van der Waals surface area contributed by atoms with Crippen molar-refractivity contribution in [2.75, 3.05) is 11.9 Å². The first kappa shape index (κ1) is 22.3. The third kappa shape index (κ3) is 6.53. The number of anilines is 1. The summed E-state index contributed by atoms with van der Waals surface area (Å²) in [7, 11) is 0. The van der Waals surface area contributed by atoms with E-state index in [1.165, 1.54) is 22.5 Å². The van der Waals surface area contributed by atoms with Gasteiger partial charge in [0.15, 0.2) is 5.13 Å². The molecule has 6 heteroatoms. The molecule has 0 unspecified atom stereocenters. The molecule has 1 heterocycles. The molecule has 31 heavy (non-hydrogen) atoms. The van der Waals surface area contributed by atoms with E-state index in [0.29, 0.717) is 23.1 Å². The van der Waals surface area contributed by atoms with Gasteiger partial charge in [-0.25, -0.2) is 4.98 Å². The number of aryl methyl sites for hydroxylation is 1. The molecule has 0 spiro atoms. The number of hydrogen-bond donors (Lipinski definition) is 1. The molecular formula is C25H25N3O2S. The lowest BCUT2D eigenvalue weighted by atomic mass is 10.1. The first-order valence-electron chi connectivity index (χ1n) is 10.2. The van der Waals surface area contributed by atoms with E-state index in [1.807, 2.05) is 30.3 Å². The highest BCUT2D eigenvalue weighted by Crippen LogP contribution is 2.24. The molecule has 2 aromatic carbocycles. The van der Waals surface area contributed by atoms with Crippen LogP contribution in [0.25, 0.3) is 6.08 Å². The molecule has 0 aliphatic rings. The van der Waals surface area contributed by atoms with Crippen LogP contribution in [0, 0.1) is 18.3 Å². The zero-order valence-corrected chi connectivity index (χ0v) is 18.5. The van der Waals surface area contributed by atoms with E-state index < -0.39 is 5.91 Å². The highest BCUT2D eigenvalue weighted by Gasteiger charge is 2.13. The Morgan fingerprint density at radius 1 is 1.23 bits per heavy atom. The van der Waals surface area contributed by atoms with Crippen molar-refractivity contribution in [1.82, 2.24) is 4.98 Å². The normalized spacial score (nSPS) is 11.1. The molecule has 3 aromatic rings. The number of thiazole rings is 1. The van der Waals surface area contributed by atoms with Gasteiger partial charge in [0.1, 0.15) is 17.4 Å². The molecule has 0 atom stereocenters. The van der Waals surface area contributed by atoms with Gasteiger partial charge in [0.2, 0.25) is 0 Å². The van der Waals surface area contributed by atoms with Crippen LogP contribution < -0.4 is 10.1 Å². The van der Waals surface area contributed by atoms with Gasteiger partial charge in [-0.15, -0.1) is 11.3 Å². The number of para-hydroxylation sites is 1. The highest BCUT2D eigenvalue weighted by molar-refractivity contribution is 7.15. The summed E-state index contributed by atoms with van der Waals surface area (Å²) >= 11 is 1.41. The van der Waals surface area contributed by atoms with Crippen molar-refractivity contribution >= 4 is 28.5 Å². The number of amides is 1.